The van der Waals surface area contributed by atoms with Crippen LogP contribution in [-0.4, -0.2) is 21.3 Å². The summed E-state index contributed by atoms with van der Waals surface area (Å²) in [6.07, 6.45) is 0. The quantitative estimate of drug-likeness (QED) is 0.925. The van der Waals surface area contributed by atoms with E-state index in [1.807, 2.05) is 0 Å². The standard InChI is InChI=1S/C11H7ClN2O2S/c12-9-5-6-10(14-13-9)17-8-3-1-7(2-4-8)11(15)16/h1-6H,(H,15,16). The average Bonchev–Trinajstić information content (AvgIpc) is 2.33. The summed E-state index contributed by atoms with van der Waals surface area (Å²) in [5, 5.41) is 17.4. The fourth-order valence-corrected chi connectivity index (χ4v) is 1.98. The zero-order valence-corrected chi connectivity index (χ0v) is 10.1. The van der Waals surface area contributed by atoms with Crippen LogP contribution in [0.25, 0.3) is 0 Å². The van der Waals surface area contributed by atoms with Crippen molar-refractivity contribution in [2.75, 3.05) is 0 Å². The minimum atomic E-state index is -0.937. The molecule has 6 heteroatoms. The number of carboxylic acids is 1. The number of nitrogens with zero attached hydrogens (tertiary/aromatic N) is 2. The number of aromatic carboxylic acids is 1. The van der Waals surface area contributed by atoms with Crippen molar-refractivity contribution in [1.82, 2.24) is 10.2 Å². The Morgan fingerprint density at radius 3 is 2.35 bits per heavy atom. The third kappa shape index (κ3) is 3.18. The Morgan fingerprint density at radius 1 is 1.12 bits per heavy atom. The molecule has 17 heavy (non-hydrogen) atoms. The molecule has 86 valence electrons. The maximum atomic E-state index is 10.7. The average molecular weight is 267 g/mol. The Morgan fingerprint density at radius 2 is 1.82 bits per heavy atom. The Labute approximate surface area is 107 Å². The van der Waals surface area contributed by atoms with Crippen molar-refractivity contribution in [3.05, 3.63) is 47.1 Å². The van der Waals surface area contributed by atoms with Gasteiger partial charge in [0.15, 0.2) is 5.15 Å². The molecular weight excluding hydrogens is 260 g/mol. The first-order chi connectivity index (χ1) is 8.15. The van der Waals surface area contributed by atoms with Gasteiger partial charge in [-0.1, -0.05) is 23.4 Å². The van der Waals surface area contributed by atoms with E-state index in [-0.39, 0.29) is 5.56 Å². The van der Waals surface area contributed by atoms with Crippen LogP contribution in [0.4, 0.5) is 0 Å². The third-order valence-corrected chi connectivity index (χ3v) is 3.07. The van der Waals surface area contributed by atoms with E-state index >= 15 is 0 Å². The Balaban J connectivity index is 2.13. The van der Waals surface area contributed by atoms with E-state index in [1.54, 1.807) is 36.4 Å². The monoisotopic (exact) mass is 266 g/mol. The van der Waals surface area contributed by atoms with Gasteiger partial charge in [-0.2, -0.15) is 0 Å². The number of aromatic nitrogens is 2. The van der Waals surface area contributed by atoms with Crippen LogP contribution in [0.3, 0.4) is 0 Å². The van der Waals surface area contributed by atoms with E-state index in [0.717, 1.165) is 4.90 Å². The van der Waals surface area contributed by atoms with Crippen LogP contribution in [0.15, 0.2) is 46.3 Å². The molecule has 0 spiro atoms. The highest BCUT2D eigenvalue weighted by molar-refractivity contribution is 7.99. The Bertz CT molecular complexity index is 528. The van der Waals surface area contributed by atoms with Gasteiger partial charge in [0.2, 0.25) is 0 Å². The lowest BCUT2D eigenvalue weighted by atomic mass is 10.2. The molecule has 0 unspecified atom stereocenters. The summed E-state index contributed by atoms with van der Waals surface area (Å²) < 4.78 is 0. The van der Waals surface area contributed by atoms with Gasteiger partial charge in [-0.25, -0.2) is 4.79 Å². The number of halogens is 1. The van der Waals surface area contributed by atoms with Crippen molar-refractivity contribution in [2.45, 2.75) is 9.92 Å². The smallest absolute Gasteiger partial charge is 0.335 e. The van der Waals surface area contributed by atoms with E-state index in [0.29, 0.717) is 10.2 Å². The van der Waals surface area contributed by atoms with Crippen LogP contribution in [0.1, 0.15) is 10.4 Å². The second-order valence-corrected chi connectivity index (χ2v) is 4.61. The summed E-state index contributed by atoms with van der Waals surface area (Å²) >= 11 is 7.01. The zero-order chi connectivity index (χ0) is 12.3. The second kappa shape index (κ2) is 5.16. The van der Waals surface area contributed by atoms with Crippen LogP contribution >= 0.6 is 23.4 Å². The van der Waals surface area contributed by atoms with Crippen molar-refractivity contribution < 1.29 is 9.90 Å². The second-order valence-electron chi connectivity index (χ2n) is 3.13. The van der Waals surface area contributed by atoms with Crippen molar-refractivity contribution in [3.63, 3.8) is 0 Å². The summed E-state index contributed by atoms with van der Waals surface area (Å²) in [4.78, 5) is 11.6. The van der Waals surface area contributed by atoms with E-state index in [4.69, 9.17) is 16.7 Å². The highest BCUT2D eigenvalue weighted by atomic mass is 35.5. The van der Waals surface area contributed by atoms with Crippen molar-refractivity contribution >= 4 is 29.3 Å². The van der Waals surface area contributed by atoms with Gasteiger partial charge in [-0.05, 0) is 36.4 Å². The molecule has 0 aliphatic carbocycles. The van der Waals surface area contributed by atoms with Crippen LogP contribution in [-0.2, 0) is 0 Å². The number of carbonyl (C=O) groups is 1. The molecule has 1 aromatic heterocycles. The van der Waals surface area contributed by atoms with Gasteiger partial charge in [0.05, 0.1) is 5.56 Å². The summed E-state index contributed by atoms with van der Waals surface area (Å²) in [7, 11) is 0. The van der Waals surface area contributed by atoms with Crippen molar-refractivity contribution in [3.8, 4) is 0 Å². The molecule has 0 atom stereocenters. The molecule has 0 amide bonds. The van der Waals surface area contributed by atoms with Crippen LogP contribution in [0.5, 0.6) is 0 Å². The fraction of sp³-hybridized carbons (Fsp3) is 0. The summed E-state index contributed by atoms with van der Waals surface area (Å²) in [6, 6.07) is 9.96. The molecule has 0 saturated carbocycles. The lowest BCUT2D eigenvalue weighted by Crippen LogP contribution is -1.94. The maximum absolute atomic E-state index is 10.7. The number of benzene rings is 1. The van der Waals surface area contributed by atoms with Crippen LogP contribution in [0, 0.1) is 0 Å². The first-order valence-corrected chi connectivity index (χ1v) is 5.85. The van der Waals surface area contributed by atoms with E-state index in [1.165, 1.54) is 11.8 Å². The highest BCUT2D eigenvalue weighted by Crippen LogP contribution is 2.25. The molecule has 2 aromatic rings. The largest absolute Gasteiger partial charge is 0.478 e. The number of hydrogen-bond acceptors (Lipinski definition) is 4. The zero-order valence-electron chi connectivity index (χ0n) is 8.50. The molecule has 0 saturated heterocycles. The molecule has 1 N–H and O–H groups in total. The first-order valence-electron chi connectivity index (χ1n) is 4.65. The first kappa shape index (κ1) is 11.9. The molecule has 0 aliphatic rings. The van der Waals surface area contributed by atoms with Gasteiger partial charge >= 0.3 is 5.97 Å². The van der Waals surface area contributed by atoms with Crippen LogP contribution in [0.2, 0.25) is 5.15 Å². The molecule has 1 aromatic carbocycles. The van der Waals surface area contributed by atoms with Gasteiger partial charge in [-0.3, -0.25) is 0 Å². The molecule has 0 radical (unpaired) electrons. The normalized spacial score (nSPS) is 10.2. The topological polar surface area (TPSA) is 63.1 Å². The predicted octanol–water partition coefficient (Wildman–Crippen LogP) is 2.98. The fourth-order valence-electron chi connectivity index (χ4n) is 1.14. The lowest BCUT2D eigenvalue weighted by Gasteiger charge is -2.00. The van der Waals surface area contributed by atoms with E-state index in [9.17, 15) is 4.79 Å². The molecule has 4 nitrogen and oxygen atoms in total. The van der Waals surface area contributed by atoms with E-state index in [2.05, 4.69) is 10.2 Å². The minimum absolute atomic E-state index is 0.261. The number of rotatable bonds is 3. The predicted molar refractivity (Wildman–Crippen MR) is 64.6 cm³/mol. The van der Waals surface area contributed by atoms with Crippen molar-refractivity contribution in [2.24, 2.45) is 0 Å². The van der Waals surface area contributed by atoms with Gasteiger partial charge in [-0.15, -0.1) is 10.2 Å². The van der Waals surface area contributed by atoms with Gasteiger partial charge < -0.3 is 5.11 Å². The molecule has 2 rings (SSSR count). The summed E-state index contributed by atoms with van der Waals surface area (Å²) in [5.74, 6) is -0.937. The SMILES string of the molecule is O=C(O)c1ccc(Sc2ccc(Cl)nn2)cc1. The van der Waals surface area contributed by atoms with E-state index < -0.39 is 5.97 Å². The molecule has 0 aliphatic heterocycles. The van der Waals surface area contributed by atoms with Gasteiger partial charge in [0.1, 0.15) is 5.03 Å². The Kier molecular flexibility index (Phi) is 3.61. The molecule has 1 heterocycles. The molecule has 0 bridgehead atoms. The summed E-state index contributed by atoms with van der Waals surface area (Å²) in [5.41, 5.74) is 0.261. The summed E-state index contributed by atoms with van der Waals surface area (Å²) in [6.45, 7) is 0. The third-order valence-electron chi connectivity index (χ3n) is 1.93. The maximum Gasteiger partial charge on any atom is 0.335 e. The van der Waals surface area contributed by atoms with Crippen molar-refractivity contribution in [1.29, 1.82) is 0 Å². The van der Waals surface area contributed by atoms with Gasteiger partial charge in [0, 0.05) is 4.90 Å². The van der Waals surface area contributed by atoms with Gasteiger partial charge in [0.25, 0.3) is 0 Å². The minimum Gasteiger partial charge on any atom is -0.478 e. The number of hydrogen-bond donors (Lipinski definition) is 1. The number of carboxylic acid groups (broad SMARTS) is 1. The Hall–Kier alpha value is -1.59. The molecule has 0 fully saturated rings. The highest BCUT2D eigenvalue weighted by Gasteiger charge is 2.03. The lowest BCUT2D eigenvalue weighted by molar-refractivity contribution is 0.0697. The van der Waals surface area contributed by atoms with Crippen LogP contribution < -0.4 is 0 Å². The molecular formula is C11H7ClN2O2S.